The van der Waals surface area contributed by atoms with Crippen LogP contribution in [0.3, 0.4) is 0 Å². The molecular weight excluding hydrogens is 398 g/mol. The highest BCUT2D eigenvalue weighted by Gasteiger charge is 2.10. The van der Waals surface area contributed by atoms with E-state index in [-0.39, 0.29) is 5.91 Å². The Hall–Kier alpha value is -1.96. The fraction of sp³-hybridized carbons (Fsp3) is 0.368. The first kappa shape index (κ1) is 18.8. The van der Waals surface area contributed by atoms with Crippen molar-refractivity contribution in [3.8, 4) is 5.88 Å². The van der Waals surface area contributed by atoms with Crippen LogP contribution in [0.5, 0.6) is 5.88 Å². The Morgan fingerprint density at radius 3 is 2.65 bits per heavy atom. The first-order valence-corrected chi connectivity index (χ1v) is 9.41. The lowest BCUT2D eigenvalue weighted by molar-refractivity contribution is -0.115. The van der Waals surface area contributed by atoms with Crippen LogP contribution >= 0.6 is 15.9 Å². The molecule has 2 heterocycles. The number of halogens is 1. The molecule has 1 fully saturated rings. The van der Waals surface area contributed by atoms with Crippen molar-refractivity contribution in [3.05, 3.63) is 52.6 Å². The molecule has 1 aromatic heterocycles. The maximum absolute atomic E-state index is 12.1. The van der Waals surface area contributed by atoms with Crippen molar-refractivity contribution >= 4 is 27.5 Å². The van der Waals surface area contributed by atoms with Gasteiger partial charge in [-0.05, 0) is 23.8 Å². The smallest absolute Gasteiger partial charge is 0.228 e. The van der Waals surface area contributed by atoms with Crippen LogP contribution in [0, 0.1) is 0 Å². The third-order valence-corrected chi connectivity index (χ3v) is 4.59. The number of pyridine rings is 1. The van der Waals surface area contributed by atoms with E-state index in [1.807, 2.05) is 24.3 Å². The van der Waals surface area contributed by atoms with E-state index in [4.69, 9.17) is 9.47 Å². The number of amides is 1. The van der Waals surface area contributed by atoms with Gasteiger partial charge in [0.05, 0.1) is 31.5 Å². The third kappa shape index (κ3) is 6.09. The summed E-state index contributed by atoms with van der Waals surface area (Å²) in [5, 5.41) is 2.85. The van der Waals surface area contributed by atoms with E-state index in [2.05, 4.69) is 31.1 Å². The Balaban J connectivity index is 1.41. The predicted octanol–water partition coefficient (Wildman–Crippen LogP) is 2.74. The lowest BCUT2D eigenvalue weighted by Crippen LogP contribution is -2.38. The van der Waals surface area contributed by atoms with E-state index in [1.165, 1.54) is 0 Å². The van der Waals surface area contributed by atoms with Gasteiger partial charge in [-0.2, -0.15) is 0 Å². The number of hydrogen-bond donors (Lipinski definition) is 1. The van der Waals surface area contributed by atoms with E-state index in [1.54, 1.807) is 18.3 Å². The number of nitrogens with zero attached hydrogens (tertiary/aromatic N) is 2. The molecule has 3 rings (SSSR count). The van der Waals surface area contributed by atoms with Crippen LogP contribution < -0.4 is 10.1 Å². The lowest BCUT2D eigenvalue weighted by atomic mass is 10.1. The summed E-state index contributed by atoms with van der Waals surface area (Å²) in [7, 11) is 0. The van der Waals surface area contributed by atoms with E-state index in [9.17, 15) is 4.79 Å². The highest BCUT2D eigenvalue weighted by atomic mass is 79.9. The molecule has 1 aromatic carbocycles. The molecule has 0 saturated carbocycles. The summed E-state index contributed by atoms with van der Waals surface area (Å²) in [6.45, 7) is 4.90. The van der Waals surface area contributed by atoms with E-state index >= 15 is 0 Å². The van der Waals surface area contributed by atoms with E-state index < -0.39 is 0 Å². The molecule has 7 heteroatoms. The number of benzene rings is 1. The maximum atomic E-state index is 12.1. The molecule has 1 aliphatic heterocycles. The second kappa shape index (κ2) is 9.66. The molecule has 6 nitrogen and oxygen atoms in total. The second-order valence-corrected chi connectivity index (χ2v) is 6.95. The van der Waals surface area contributed by atoms with Crippen molar-refractivity contribution in [3.63, 3.8) is 0 Å². The quantitative estimate of drug-likeness (QED) is 0.747. The van der Waals surface area contributed by atoms with Gasteiger partial charge in [0.25, 0.3) is 0 Å². The van der Waals surface area contributed by atoms with Crippen LogP contribution in [0.4, 0.5) is 5.69 Å². The van der Waals surface area contributed by atoms with Crippen LogP contribution in [0.15, 0.2) is 47.1 Å². The summed E-state index contributed by atoms with van der Waals surface area (Å²) < 4.78 is 12.0. The molecule has 1 amide bonds. The van der Waals surface area contributed by atoms with E-state index in [0.29, 0.717) is 24.6 Å². The van der Waals surface area contributed by atoms with Gasteiger partial charge < -0.3 is 14.8 Å². The van der Waals surface area contributed by atoms with Crippen molar-refractivity contribution in [2.75, 3.05) is 44.8 Å². The van der Waals surface area contributed by atoms with Crippen molar-refractivity contribution < 1.29 is 14.3 Å². The molecule has 0 aliphatic carbocycles. The van der Waals surface area contributed by atoms with Gasteiger partial charge in [-0.3, -0.25) is 9.69 Å². The highest BCUT2D eigenvalue weighted by Crippen LogP contribution is 2.14. The molecular formula is C19H22BrN3O3. The number of ether oxygens (including phenoxy) is 2. The van der Waals surface area contributed by atoms with Gasteiger partial charge in [-0.25, -0.2) is 4.98 Å². The normalized spacial score (nSPS) is 14.8. The average molecular weight is 420 g/mol. The first-order chi connectivity index (χ1) is 12.7. The number of aromatic nitrogens is 1. The zero-order chi connectivity index (χ0) is 18.2. The third-order valence-electron chi connectivity index (χ3n) is 4.06. The van der Waals surface area contributed by atoms with Gasteiger partial charge in [-0.1, -0.05) is 28.1 Å². The molecule has 1 saturated heterocycles. The van der Waals surface area contributed by atoms with Crippen LogP contribution in [-0.2, 0) is 16.0 Å². The topological polar surface area (TPSA) is 63.7 Å². The summed E-state index contributed by atoms with van der Waals surface area (Å²) in [5.74, 6) is 0.485. The molecule has 0 atom stereocenters. The molecule has 1 aliphatic rings. The Labute approximate surface area is 161 Å². The number of carbonyl (C=O) groups excluding carboxylic acids is 1. The van der Waals surface area contributed by atoms with Crippen molar-refractivity contribution in [1.29, 1.82) is 0 Å². The molecule has 0 unspecified atom stereocenters. The lowest BCUT2D eigenvalue weighted by Gasteiger charge is -2.26. The first-order valence-electron chi connectivity index (χ1n) is 8.62. The number of carbonyl (C=O) groups is 1. The number of rotatable bonds is 7. The standard InChI is InChI=1S/C19H22BrN3O3/c20-16-3-1-15(2-4-16)13-18(24)22-17-5-6-19(21-14-17)26-12-9-23-7-10-25-11-8-23/h1-6,14H,7-13H2,(H,22,24). The SMILES string of the molecule is O=C(Cc1ccc(Br)cc1)Nc1ccc(OCCN2CCOCC2)nc1. The van der Waals surface area contributed by atoms with Gasteiger partial charge >= 0.3 is 0 Å². The molecule has 138 valence electrons. The summed E-state index contributed by atoms with van der Waals surface area (Å²) in [6.07, 6.45) is 1.94. The zero-order valence-corrected chi connectivity index (χ0v) is 16.1. The minimum atomic E-state index is -0.0740. The summed E-state index contributed by atoms with van der Waals surface area (Å²) >= 11 is 3.38. The van der Waals surface area contributed by atoms with Gasteiger partial charge in [-0.15, -0.1) is 0 Å². The Morgan fingerprint density at radius 1 is 1.19 bits per heavy atom. The Kier molecular flexibility index (Phi) is 6.99. The molecule has 26 heavy (non-hydrogen) atoms. The number of morpholine rings is 1. The Morgan fingerprint density at radius 2 is 1.96 bits per heavy atom. The molecule has 1 N–H and O–H groups in total. The molecule has 2 aromatic rings. The fourth-order valence-electron chi connectivity index (χ4n) is 2.64. The van der Waals surface area contributed by atoms with Gasteiger partial charge in [0.15, 0.2) is 0 Å². The monoisotopic (exact) mass is 419 g/mol. The van der Waals surface area contributed by atoms with Crippen molar-refractivity contribution in [1.82, 2.24) is 9.88 Å². The largest absolute Gasteiger partial charge is 0.476 e. The number of anilines is 1. The maximum Gasteiger partial charge on any atom is 0.228 e. The summed E-state index contributed by atoms with van der Waals surface area (Å²) in [6, 6.07) is 11.3. The fourth-order valence-corrected chi connectivity index (χ4v) is 2.90. The summed E-state index contributed by atoms with van der Waals surface area (Å²) in [4.78, 5) is 18.7. The van der Waals surface area contributed by atoms with Crippen LogP contribution in [-0.4, -0.2) is 55.2 Å². The predicted molar refractivity (Wildman–Crippen MR) is 103 cm³/mol. The number of hydrogen-bond acceptors (Lipinski definition) is 5. The zero-order valence-electron chi connectivity index (χ0n) is 14.5. The van der Waals surface area contributed by atoms with E-state index in [0.717, 1.165) is 42.9 Å². The van der Waals surface area contributed by atoms with Crippen LogP contribution in [0.2, 0.25) is 0 Å². The molecule has 0 spiro atoms. The van der Waals surface area contributed by atoms with Crippen LogP contribution in [0.25, 0.3) is 0 Å². The molecule has 0 radical (unpaired) electrons. The van der Waals surface area contributed by atoms with Gasteiger partial charge in [0.2, 0.25) is 11.8 Å². The van der Waals surface area contributed by atoms with Gasteiger partial charge in [0.1, 0.15) is 6.61 Å². The highest BCUT2D eigenvalue weighted by molar-refractivity contribution is 9.10. The average Bonchev–Trinajstić information content (AvgIpc) is 2.66. The number of nitrogens with one attached hydrogen (secondary N) is 1. The second-order valence-electron chi connectivity index (χ2n) is 6.04. The summed E-state index contributed by atoms with van der Waals surface area (Å²) in [5.41, 5.74) is 1.62. The van der Waals surface area contributed by atoms with Crippen LogP contribution in [0.1, 0.15) is 5.56 Å². The minimum Gasteiger partial charge on any atom is -0.476 e. The van der Waals surface area contributed by atoms with Gasteiger partial charge in [0, 0.05) is 30.2 Å². The van der Waals surface area contributed by atoms with Crippen molar-refractivity contribution in [2.24, 2.45) is 0 Å². The Bertz CT molecular complexity index is 701. The van der Waals surface area contributed by atoms with Crippen molar-refractivity contribution in [2.45, 2.75) is 6.42 Å². The minimum absolute atomic E-state index is 0.0740. The molecule has 0 bridgehead atoms.